The van der Waals surface area contributed by atoms with Gasteiger partial charge in [0.15, 0.2) is 11.5 Å². The number of carbonyl (C=O) groups is 1. The van der Waals surface area contributed by atoms with E-state index >= 15 is 0 Å². The first-order chi connectivity index (χ1) is 12.8. The van der Waals surface area contributed by atoms with Crippen molar-refractivity contribution < 1.29 is 22.7 Å². The van der Waals surface area contributed by atoms with Gasteiger partial charge >= 0.3 is 0 Å². The Morgan fingerprint density at radius 3 is 2.37 bits per heavy atom. The Labute approximate surface area is 158 Å². The van der Waals surface area contributed by atoms with Crippen molar-refractivity contribution >= 4 is 21.6 Å². The van der Waals surface area contributed by atoms with Gasteiger partial charge in [0.05, 0.1) is 4.90 Å². The second-order valence-electron chi connectivity index (χ2n) is 6.71. The highest BCUT2D eigenvalue weighted by molar-refractivity contribution is 7.89. The maximum Gasteiger partial charge on any atom is 0.242 e. The van der Waals surface area contributed by atoms with Gasteiger partial charge in [0.25, 0.3) is 0 Å². The zero-order valence-corrected chi connectivity index (χ0v) is 16.2. The molecule has 8 heteroatoms. The van der Waals surface area contributed by atoms with Gasteiger partial charge in [0, 0.05) is 11.8 Å². The van der Waals surface area contributed by atoms with Crippen molar-refractivity contribution in [2.45, 2.75) is 31.7 Å². The van der Waals surface area contributed by atoms with Crippen molar-refractivity contribution in [2.24, 2.45) is 5.92 Å². The molecule has 0 saturated carbocycles. The average molecular weight is 390 g/mol. The first-order valence-electron chi connectivity index (χ1n) is 8.56. The predicted molar refractivity (Wildman–Crippen MR) is 101 cm³/mol. The molecule has 0 aliphatic carbocycles. The number of hydrogen-bond acceptors (Lipinski definition) is 5. The number of ether oxygens (including phenoxy) is 2. The van der Waals surface area contributed by atoms with Gasteiger partial charge in [-0.3, -0.25) is 4.79 Å². The van der Waals surface area contributed by atoms with Crippen molar-refractivity contribution in [3.05, 3.63) is 48.0 Å². The molecule has 1 heterocycles. The number of rotatable bonds is 6. The van der Waals surface area contributed by atoms with Crippen molar-refractivity contribution in [2.75, 3.05) is 12.1 Å². The molecule has 1 unspecified atom stereocenters. The third-order valence-electron chi connectivity index (χ3n) is 4.20. The van der Waals surface area contributed by atoms with Crippen LogP contribution in [0.25, 0.3) is 0 Å². The van der Waals surface area contributed by atoms with E-state index in [1.807, 2.05) is 6.92 Å². The summed E-state index contributed by atoms with van der Waals surface area (Å²) in [4.78, 5) is 12.8. The highest BCUT2D eigenvalue weighted by Crippen LogP contribution is 2.34. The molecule has 144 valence electrons. The van der Waals surface area contributed by atoms with Crippen LogP contribution in [0.1, 0.15) is 19.4 Å². The Morgan fingerprint density at radius 1 is 1.04 bits per heavy atom. The molecule has 2 aromatic carbocycles. The number of aryl methyl sites for hydroxylation is 1. The van der Waals surface area contributed by atoms with Crippen LogP contribution >= 0.6 is 0 Å². The lowest BCUT2D eigenvalue weighted by atomic mass is 10.0. The van der Waals surface area contributed by atoms with Gasteiger partial charge in [0.2, 0.25) is 22.7 Å². The lowest BCUT2D eigenvalue weighted by Gasteiger charge is -2.21. The molecule has 3 rings (SSSR count). The summed E-state index contributed by atoms with van der Waals surface area (Å²) in [5, 5.41) is 2.73. The van der Waals surface area contributed by atoms with Crippen molar-refractivity contribution in [3.8, 4) is 11.5 Å². The molecule has 1 atom stereocenters. The molecule has 0 saturated heterocycles. The van der Waals surface area contributed by atoms with Crippen molar-refractivity contribution in [1.29, 1.82) is 0 Å². The van der Waals surface area contributed by atoms with E-state index in [4.69, 9.17) is 9.47 Å². The summed E-state index contributed by atoms with van der Waals surface area (Å²) < 4.78 is 38.3. The van der Waals surface area contributed by atoms with E-state index in [2.05, 4.69) is 10.0 Å². The van der Waals surface area contributed by atoms with Crippen LogP contribution in [0.3, 0.4) is 0 Å². The van der Waals surface area contributed by atoms with Gasteiger partial charge in [-0.2, -0.15) is 4.72 Å². The Morgan fingerprint density at radius 2 is 1.70 bits per heavy atom. The molecule has 0 fully saturated rings. The van der Waals surface area contributed by atoms with E-state index in [1.165, 1.54) is 12.1 Å². The highest BCUT2D eigenvalue weighted by atomic mass is 32.2. The number of hydrogen-bond donors (Lipinski definition) is 2. The third kappa shape index (κ3) is 4.40. The van der Waals surface area contributed by atoms with Crippen LogP contribution in [-0.4, -0.2) is 27.2 Å². The standard InChI is InChI=1S/C19H22N2O5S/c1-12(2)18(21-27(23,24)15-7-4-13(3)5-8-15)19(22)20-14-6-9-16-17(10-14)26-11-25-16/h4-10,12,18,21H,11H2,1-3H3,(H,20,22). The number of nitrogens with one attached hydrogen (secondary N) is 2. The lowest BCUT2D eigenvalue weighted by molar-refractivity contribution is -0.118. The van der Waals surface area contributed by atoms with E-state index in [-0.39, 0.29) is 17.6 Å². The minimum absolute atomic E-state index is 0.120. The first-order valence-corrected chi connectivity index (χ1v) is 10.0. The number of carbonyl (C=O) groups excluding carboxylic acids is 1. The fourth-order valence-electron chi connectivity index (χ4n) is 2.64. The Bertz CT molecular complexity index is 939. The quantitative estimate of drug-likeness (QED) is 0.791. The van der Waals surface area contributed by atoms with E-state index in [1.54, 1.807) is 44.2 Å². The third-order valence-corrected chi connectivity index (χ3v) is 5.66. The Hall–Kier alpha value is -2.58. The summed E-state index contributed by atoms with van der Waals surface area (Å²) in [6, 6.07) is 10.6. The summed E-state index contributed by atoms with van der Waals surface area (Å²) in [5.41, 5.74) is 1.46. The second-order valence-corrected chi connectivity index (χ2v) is 8.43. The fourth-order valence-corrected chi connectivity index (χ4v) is 3.98. The van der Waals surface area contributed by atoms with Gasteiger partial charge < -0.3 is 14.8 Å². The number of sulfonamides is 1. The van der Waals surface area contributed by atoms with E-state index in [9.17, 15) is 13.2 Å². The molecule has 0 spiro atoms. The molecule has 0 bridgehead atoms. The number of fused-ring (bicyclic) bond motifs is 1. The molecule has 1 amide bonds. The summed E-state index contributed by atoms with van der Waals surface area (Å²) in [7, 11) is -3.82. The normalized spacial score (nSPS) is 14.2. The van der Waals surface area contributed by atoms with Gasteiger partial charge in [-0.05, 0) is 37.1 Å². The molecular weight excluding hydrogens is 368 g/mol. The number of benzene rings is 2. The van der Waals surface area contributed by atoms with E-state index in [0.29, 0.717) is 17.2 Å². The molecule has 0 radical (unpaired) electrons. The maximum absolute atomic E-state index is 12.7. The van der Waals surface area contributed by atoms with Gasteiger partial charge in [-0.15, -0.1) is 0 Å². The molecule has 2 N–H and O–H groups in total. The van der Waals surface area contributed by atoms with Crippen molar-refractivity contribution in [3.63, 3.8) is 0 Å². The van der Waals surface area contributed by atoms with Crippen LogP contribution in [0.5, 0.6) is 11.5 Å². The molecule has 1 aliphatic rings. The predicted octanol–water partition coefficient (Wildman–Crippen LogP) is 2.67. The first kappa shape index (κ1) is 19.2. The average Bonchev–Trinajstić information content (AvgIpc) is 3.07. The van der Waals surface area contributed by atoms with Crippen LogP contribution in [0.15, 0.2) is 47.4 Å². The van der Waals surface area contributed by atoms with Crippen LogP contribution < -0.4 is 19.5 Å². The monoisotopic (exact) mass is 390 g/mol. The number of anilines is 1. The highest BCUT2D eigenvalue weighted by Gasteiger charge is 2.28. The second kappa shape index (κ2) is 7.58. The summed E-state index contributed by atoms with van der Waals surface area (Å²) >= 11 is 0. The topological polar surface area (TPSA) is 93.7 Å². The number of amides is 1. The largest absolute Gasteiger partial charge is 0.454 e. The lowest BCUT2D eigenvalue weighted by Crippen LogP contribution is -2.47. The molecule has 7 nitrogen and oxygen atoms in total. The minimum Gasteiger partial charge on any atom is -0.454 e. The Balaban J connectivity index is 1.76. The van der Waals surface area contributed by atoms with E-state index in [0.717, 1.165) is 5.56 Å². The van der Waals surface area contributed by atoms with Crippen LogP contribution in [0, 0.1) is 12.8 Å². The zero-order valence-electron chi connectivity index (χ0n) is 15.4. The molecular formula is C19H22N2O5S. The van der Waals surface area contributed by atoms with Crippen LogP contribution in [0.2, 0.25) is 0 Å². The van der Waals surface area contributed by atoms with Crippen LogP contribution in [0.4, 0.5) is 5.69 Å². The molecule has 2 aromatic rings. The molecule has 1 aliphatic heterocycles. The van der Waals surface area contributed by atoms with Gasteiger partial charge in [0.1, 0.15) is 6.04 Å². The molecule has 0 aromatic heterocycles. The summed E-state index contributed by atoms with van der Waals surface area (Å²) in [6.07, 6.45) is 0. The molecule has 27 heavy (non-hydrogen) atoms. The maximum atomic E-state index is 12.7. The van der Waals surface area contributed by atoms with Crippen LogP contribution in [-0.2, 0) is 14.8 Å². The minimum atomic E-state index is -3.82. The SMILES string of the molecule is Cc1ccc(S(=O)(=O)NC(C(=O)Nc2ccc3c(c2)OCO3)C(C)C)cc1. The van der Waals surface area contributed by atoms with E-state index < -0.39 is 22.0 Å². The summed E-state index contributed by atoms with van der Waals surface area (Å²) in [6.45, 7) is 5.57. The summed E-state index contributed by atoms with van der Waals surface area (Å²) in [5.74, 6) is 0.446. The van der Waals surface area contributed by atoms with Crippen molar-refractivity contribution in [1.82, 2.24) is 4.72 Å². The Kier molecular flexibility index (Phi) is 5.38. The fraction of sp³-hybridized carbons (Fsp3) is 0.316. The van der Waals surface area contributed by atoms with Gasteiger partial charge in [-0.1, -0.05) is 31.5 Å². The zero-order chi connectivity index (χ0) is 19.6. The smallest absolute Gasteiger partial charge is 0.242 e. The van der Waals surface area contributed by atoms with Gasteiger partial charge in [-0.25, -0.2) is 8.42 Å².